The van der Waals surface area contributed by atoms with E-state index in [9.17, 15) is 0 Å². The molecule has 2 fully saturated rings. The fourth-order valence-corrected chi connectivity index (χ4v) is 2.99. The first-order valence-corrected chi connectivity index (χ1v) is 5.28. The highest BCUT2D eigenvalue weighted by atomic mass is 16.5. The van der Waals surface area contributed by atoms with Gasteiger partial charge < -0.3 is 4.52 Å². The highest BCUT2D eigenvalue weighted by Crippen LogP contribution is 2.45. The minimum absolute atomic E-state index is 0.486. The van der Waals surface area contributed by atoms with Gasteiger partial charge in [0.1, 0.15) is 0 Å². The summed E-state index contributed by atoms with van der Waals surface area (Å²) < 4.78 is 5.26. The summed E-state index contributed by atoms with van der Waals surface area (Å²) in [5.74, 6) is 2.09. The molecule has 2 bridgehead atoms. The molecule has 2 aliphatic heterocycles. The van der Waals surface area contributed by atoms with E-state index in [2.05, 4.69) is 22.1 Å². The van der Waals surface area contributed by atoms with Crippen LogP contribution in [0.2, 0.25) is 0 Å². The molecule has 0 amide bonds. The topological polar surface area (TPSA) is 42.2 Å². The zero-order valence-corrected chi connectivity index (χ0v) is 8.60. The van der Waals surface area contributed by atoms with E-state index in [-0.39, 0.29) is 0 Å². The van der Waals surface area contributed by atoms with Crippen molar-refractivity contribution in [2.24, 2.45) is 0 Å². The van der Waals surface area contributed by atoms with Crippen molar-refractivity contribution < 1.29 is 4.52 Å². The molecule has 0 aromatic carbocycles. The van der Waals surface area contributed by atoms with Crippen LogP contribution in [0.15, 0.2) is 4.52 Å². The second-order valence-electron chi connectivity index (χ2n) is 4.49. The van der Waals surface area contributed by atoms with Crippen LogP contribution in [-0.4, -0.2) is 34.2 Å². The summed E-state index contributed by atoms with van der Waals surface area (Å²) in [6, 6.07) is 1.39. The third-order valence-electron chi connectivity index (χ3n) is 3.75. The van der Waals surface area contributed by atoms with Gasteiger partial charge >= 0.3 is 0 Å². The molecule has 76 valence electrons. The molecule has 0 unspecified atom stereocenters. The number of aryl methyl sites for hydroxylation is 1. The van der Waals surface area contributed by atoms with E-state index in [1.165, 1.54) is 19.3 Å². The zero-order chi connectivity index (χ0) is 9.71. The fourth-order valence-electron chi connectivity index (χ4n) is 2.99. The number of hydrogen-bond acceptors (Lipinski definition) is 4. The Hall–Kier alpha value is -0.900. The minimum atomic E-state index is 0.486. The van der Waals surface area contributed by atoms with Gasteiger partial charge in [-0.25, -0.2) is 0 Å². The molecule has 3 atom stereocenters. The van der Waals surface area contributed by atoms with E-state index in [0.29, 0.717) is 12.0 Å². The Balaban J connectivity index is 1.88. The SMILES string of the molecule is Cc1noc([C@H]2C[C@@H]3CC[C@H]2N3C)n1. The number of likely N-dealkylation sites (N-methyl/N-ethyl adjacent to an activating group) is 1. The third-order valence-corrected chi connectivity index (χ3v) is 3.75. The predicted molar refractivity (Wildman–Crippen MR) is 51.0 cm³/mol. The monoisotopic (exact) mass is 193 g/mol. The molecule has 2 saturated heterocycles. The maximum atomic E-state index is 5.26. The normalized spacial score (nSPS) is 36.9. The Kier molecular flexibility index (Phi) is 1.68. The summed E-state index contributed by atoms with van der Waals surface area (Å²) in [6.07, 6.45) is 3.82. The van der Waals surface area contributed by atoms with Crippen molar-refractivity contribution in [2.75, 3.05) is 7.05 Å². The van der Waals surface area contributed by atoms with E-state index in [1.54, 1.807) is 0 Å². The molecule has 0 saturated carbocycles. The number of hydrogen-bond donors (Lipinski definition) is 0. The summed E-state index contributed by atoms with van der Waals surface area (Å²) in [5, 5.41) is 3.87. The van der Waals surface area contributed by atoms with Gasteiger partial charge in [-0.15, -0.1) is 0 Å². The molecule has 0 N–H and O–H groups in total. The molecule has 3 rings (SSSR count). The minimum Gasteiger partial charge on any atom is -0.339 e. The second kappa shape index (κ2) is 2.79. The van der Waals surface area contributed by atoms with Crippen LogP contribution in [0.25, 0.3) is 0 Å². The summed E-state index contributed by atoms with van der Waals surface area (Å²) in [6.45, 7) is 1.88. The van der Waals surface area contributed by atoms with E-state index in [1.807, 2.05) is 6.92 Å². The summed E-state index contributed by atoms with van der Waals surface area (Å²) >= 11 is 0. The van der Waals surface area contributed by atoms with Crippen LogP contribution in [0.3, 0.4) is 0 Å². The lowest BCUT2D eigenvalue weighted by Gasteiger charge is -2.17. The van der Waals surface area contributed by atoms with Crippen molar-refractivity contribution in [3.63, 3.8) is 0 Å². The average molecular weight is 193 g/mol. The predicted octanol–water partition coefficient (Wildman–Crippen LogP) is 1.33. The maximum Gasteiger partial charge on any atom is 0.231 e. The molecule has 1 aromatic heterocycles. The summed E-state index contributed by atoms with van der Waals surface area (Å²) in [7, 11) is 2.21. The van der Waals surface area contributed by atoms with E-state index in [0.717, 1.165) is 17.8 Å². The summed E-state index contributed by atoms with van der Waals surface area (Å²) in [5.41, 5.74) is 0. The van der Waals surface area contributed by atoms with Crippen molar-refractivity contribution in [2.45, 2.75) is 44.2 Å². The molecule has 4 heteroatoms. The Labute approximate surface area is 83.3 Å². The smallest absolute Gasteiger partial charge is 0.231 e. The molecule has 3 heterocycles. The van der Waals surface area contributed by atoms with Crippen molar-refractivity contribution in [1.29, 1.82) is 0 Å². The van der Waals surface area contributed by atoms with Gasteiger partial charge in [-0.3, -0.25) is 4.90 Å². The Morgan fingerprint density at radius 2 is 2.29 bits per heavy atom. The van der Waals surface area contributed by atoms with Crippen LogP contribution in [0.4, 0.5) is 0 Å². The maximum absolute atomic E-state index is 5.26. The van der Waals surface area contributed by atoms with Crippen LogP contribution in [0, 0.1) is 6.92 Å². The van der Waals surface area contributed by atoms with Crippen LogP contribution >= 0.6 is 0 Å². The molecular formula is C10H15N3O. The number of rotatable bonds is 1. The first-order chi connectivity index (χ1) is 6.75. The molecule has 2 aliphatic rings. The van der Waals surface area contributed by atoms with Crippen molar-refractivity contribution in [1.82, 2.24) is 15.0 Å². The van der Waals surface area contributed by atoms with E-state index in [4.69, 9.17) is 4.52 Å². The summed E-state index contributed by atoms with van der Waals surface area (Å²) in [4.78, 5) is 6.82. The number of aromatic nitrogens is 2. The third kappa shape index (κ3) is 1.03. The van der Waals surface area contributed by atoms with Crippen molar-refractivity contribution >= 4 is 0 Å². The van der Waals surface area contributed by atoms with Gasteiger partial charge in [0.05, 0.1) is 5.92 Å². The van der Waals surface area contributed by atoms with E-state index < -0.39 is 0 Å². The van der Waals surface area contributed by atoms with Crippen molar-refractivity contribution in [3.05, 3.63) is 11.7 Å². The highest BCUT2D eigenvalue weighted by molar-refractivity contribution is 5.10. The number of fused-ring (bicyclic) bond motifs is 2. The second-order valence-corrected chi connectivity index (χ2v) is 4.49. The standard InChI is InChI=1S/C10H15N3O/c1-6-11-10(14-12-6)8-5-7-3-4-9(8)13(7)2/h7-9H,3-5H2,1-2H3/t7-,8-,9+/m0/s1. The van der Waals surface area contributed by atoms with Crippen LogP contribution in [-0.2, 0) is 0 Å². The Morgan fingerprint density at radius 3 is 2.79 bits per heavy atom. The average Bonchev–Trinajstić information content (AvgIpc) is 2.82. The van der Waals surface area contributed by atoms with Gasteiger partial charge in [0.15, 0.2) is 5.82 Å². The van der Waals surface area contributed by atoms with Crippen LogP contribution < -0.4 is 0 Å². The van der Waals surface area contributed by atoms with Crippen molar-refractivity contribution in [3.8, 4) is 0 Å². The van der Waals surface area contributed by atoms with Gasteiger partial charge in [-0.1, -0.05) is 5.16 Å². The van der Waals surface area contributed by atoms with Crippen LogP contribution in [0.1, 0.15) is 36.9 Å². The van der Waals surface area contributed by atoms with Gasteiger partial charge in [-0.2, -0.15) is 4.98 Å². The molecule has 0 aliphatic carbocycles. The first kappa shape index (κ1) is 8.41. The molecule has 4 nitrogen and oxygen atoms in total. The molecule has 14 heavy (non-hydrogen) atoms. The van der Waals surface area contributed by atoms with Gasteiger partial charge in [0, 0.05) is 12.1 Å². The zero-order valence-electron chi connectivity index (χ0n) is 8.60. The molecular weight excluding hydrogens is 178 g/mol. The lowest BCUT2D eigenvalue weighted by atomic mass is 9.89. The highest BCUT2D eigenvalue weighted by Gasteiger charge is 2.46. The quantitative estimate of drug-likeness (QED) is 0.674. The fraction of sp³-hybridized carbons (Fsp3) is 0.800. The molecule has 1 aromatic rings. The lowest BCUT2D eigenvalue weighted by Crippen LogP contribution is -2.25. The Morgan fingerprint density at radius 1 is 1.43 bits per heavy atom. The molecule has 0 spiro atoms. The number of nitrogens with zero attached hydrogens (tertiary/aromatic N) is 3. The lowest BCUT2D eigenvalue weighted by molar-refractivity contribution is 0.284. The molecule has 0 radical (unpaired) electrons. The van der Waals surface area contributed by atoms with Gasteiger partial charge in [-0.05, 0) is 33.2 Å². The van der Waals surface area contributed by atoms with Gasteiger partial charge in [0.2, 0.25) is 5.89 Å². The van der Waals surface area contributed by atoms with Gasteiger partial charge in [0.25, 0.3) is 0 Å². The van der Waals surface area contributed by atoms with E-state index >= 15 is 0 Å². The largest absolute Gasteiger partial charge is 0.339 e. The Bertz CT molecular complexity index is 349. The van der Waals surface area contributed by atoms with Crippen LogP contribution in [0.5, 0.6) is 0 Å². The first-order valence-electron chi connectivity index (χ1n) is 5.28.